The molecule has 0 N–H and O–H groups in total. The van der Waals surface area contributed by atoms with E-state index in [1.165, 1.54) is 23.5 Å². The van der Waals surface area contributed by atoms with E-state index in [2.05, 4.69) is 4.90 Å². The summed E-state index contributed by atoms with van der Waals surface area (Å²) in [6.45, 7) is 12.1. The van der Waals surface area contributed by atoms with E-state index in [4.69, 9.17) is 16.6 Å². The summed E-state index contributed by atoms with van der Waals surface area (Å²) in [5.41, 5.74) is 2.70. The summed E-state index contributed by atoms with van der Waals surface area (Å²) < 4.78 is 1.92. The number of anilines is 1. The van der Waals surface area contributed by atoms with Crippen LogP contribution >= 0.6 is 22.9 Å². The first kappa shape index (κ1) is 29.2. The maximum absolute atomic E-state index is 14.1. The number of thiazole rings is 1. The van der Waals surface area contributed by atoms with Crippen LogP contribution in [0.5, 0.6) is 0 Å². The van der Waals surface area contributed by atoms with E-state index in [1.807, 2.05) is 39.8 Å². The molecular formula is C29H32ClN5O4S. The molecule has 1 amide bonds. The number of benzene rings is 2. The fourth-order valence-corrected chi connectivity index (χ4v) is 6.16. The minimum absolute atomic E-state index is 0.0584. The summed E-state index contributed by atoms with van der Waals surface area (Å²) in [7, 11) is 0. The number of halogens is 1. The third-order valence-electron chi connectivity index (χ3n) is 7.10. The fraction of sp³-hybridized carbons (Fsp3) is 0.345. The Bertz CT molecular complexity index is 1650. The Morgan fingerprint density at radius 3 is 2.33 bits per heavy atom. The average molecular weight is 582 g/mol. The predicted octanol–water partition coefficient (Wildman–Crippen LogP) is 4.51. The van der Waals surface area contributed by atoms with Crippen LogP contribution in [0.25, 0.3) is 6.08 Å². The number of fused-ring (bicyclic) bond motifs is 1. The highest BCUT2D eigenvalue weighted by Crippen LogP contribution is 2.32. The molecule has 1 aliphatic heterocycles. The first-order valence-electron chi connectivity index (χ1n) is 13.3. The number of carbonyl (C=O) groups excluding carboxylic acids is 1. The number of allylic oxidation sites excluding steroid dienone is 1. The number of nitro benzene ring substituents is 1. The summed E-state index contributed by atoms with van der Waals surface area (Å²) in [5.74, 6) is -0.178. The van der Waals surface area contributed by atoms with Gasteiger partial charge in [-0.25, -0.2) is 4.99 Å². The zero-order chi connectivity index (χ0) is 29.1. The molecule has 11 heteroatoms. The quantitative estimate of drug-likeness (QED) is 0.273. The lowest BCUT2D eigenvalue weighted by atomic mass is 9.94. The molecule has 0 spiro atoms. The predicted molar refractivity (Wildman–Crippen MR) is 160 cm³/mol. The molecule has 3 aromatic rings. The first-order valence-corrected chi connectivity index (χ1v) is 14.4. The highest BCUT2D eigenvalue weighted by molar-refractivity contribution is 7.07. The highest BCUT2D eigenvalue weighted by atomic mass is 35.5. The Balaban J connectivity index is 1.99. The number of nitro groups is 1. The van der Waals surface area contributed by atoms with Gasteiger partial charge in [0, 0.05) is 54.6 Å². The molecule has 0 saturated heterocycles. The van der Waals surface area contributed by atoms with Gasteiger partial charge >= 0.3 is 0 Å². The Labute approximate surface area is 241 Å². The molecule has 2 aromatic carbocycles. The zero-order valence-electron chi connectivity index (χ0n) is 23.2. The Kier molecular flexibility index (Phi) is 8.90. The molecule has 0 aliphatic carbocycles. The fourth-order valence-electron chi connectivity index (χ4n) is 5.00. The monoisotopic (exact) mass is 581 g/mol. The van der Waals surface area contributed by atoms with E-state index in [0.717, 1.165) is 11.3 Å². The zero-order valence-corrected chi connectivity index (χ0v) is 24.8. The molecule has 2 heterocycles. The van der Waals surface area contributed by atoms with Crippen molar-refractivity contribution in [2.75, 3.05) is 31.1 Å². The van der Waals surface area contributed by atoms with Crippen LogP contribution in [0.2, 0.25) is 5.02 Å². The number of nitrogens with zero attached hydrogens (tertiary/aromatic N) is 5. The van der Waals surface area contributed by atoms with Crippen molar-refractivity contribution in [2.24, 2.45) is 4.99 Å². The number of carbonyl (C=O) groups is 1. The van der Waals surface area contributed by atoms with Crippen molar-refractivity contribution in [3.05, 3.63) is 99.7 Å². The highest BCUT2D eigenvalue weighted by Gasteiger charge is 2.34. The smallest absolute Gasteiger partial charge is 0.271 e. The van der Waals surface area contributed by atoms with Gasteiger partial charge in [0.15, 0.2) is 4.80 Å². The maximum Gasteiger partial charge on any atom is 0.271 e. The van der Waals surface area contributed by atoms with Crippen LogP contribution in [0.1, 0.15) is 51.8 Å². The minimum Gasteiger partial charge on any atom is -0.372 e. The molecule has 1 atom stereocenters. The Hall–Kier alpha value is -3.76. The maximum atomic E-state index is 14.1. The molecule has 9 nitrogen and oxygen atoms in total. The number of rotatable bonds is 9. The number of hydrogen-bond donors (Lipinski definition) is 0. The van der Waals surface area contributed by atoms with E-state index in [1.54, 1.807) is 40.7 Å². The third-order valence-corrected chi connectivity index (χ3v) is 8.34. The van der Waals surface area contributed by atoms with Gasteiger partial charge in [-0.3, -0.25) is 24.3 Å². The van der Waals surface area contributed by atoms with Gasteiger partial charge in [0.2, 0.25) is 0 Å². The number of likely N-dealkylation sites (N-methyl/N-ethyl adjacent to an activating group) is 1. The lowest BCUT2D eigenvalue weighted by Crippen LogP contribution is -2.43. The van der Waals surface area contributed by atoms with Crippen LogP contribution in [0.4, 0.5) is 11.4 Å². The van der Waals surface area contributed by atoms with Crippen molar-refractivity contribution < 1.29 is 9.72 Å². The largest absolute Gasteiger partial charge is 0.372 e. The van der Waals surface area contributed by atoms with E-state index < -0.39 is 11.0 Å². The van der Waals surface area contributed by atoms with E-state index in [0.29, 0.717) is 57.4 Å². The molecule has 0 fully saturated rings. The van der Waals surface area contributed by atoms with Crippen LogP contribution in [0.15, 0.2) is 63.5 Å². The second kappa shape index (κ2) is 12.2. The lowest BCUT2D eigenvalue weighted by Gasteiger charge is -2.29. The van der Waals surface area contributed by atoms with Crippen molar-refractivity contribution in [2.45, 2.75) is 40.7 Å². The van der Waals surface area contributed by atoms with Crippen LogP contribution in [0.3, 0.4) is 0 Å². The van der Waals surface area contributed by atoms with Gasteiger partial charge in [-0.1, -0.05) is 35.1 Å². The van der Waals surface area contributed by atoms with Gasteiger partial charge in [-0.15, -0.1) is 0 Å². The summed E-state index contributed by atoms with van der Waals surface area (Å²) >= 11 is 7.37. The SMILES string of the molecule is CCN(CC)C(=O)C1=C(C)N=c2s/c(=C\c3cc([N+](=O)[O-])ccc3N(CC)CC)c(=O)n2[C@H]1c1ccc(Cl)cc1. The van der Waals surface area contributed by atoms with Gasteiger partial charge in [-0.2, -0.15) is 0 Å². The summed E-state index contributed by atoms with van der Waals surface area (Å²) in [4.78, 5) is 47.8. The molecule has 0 saturated carbocycles. The Morgan fingerprint density at radius 2 is 1.75 bits per heavy atom. The van der Waals surface area contributed by atoms with Crippen molar-refractivity contribution in [1.29, 1.82) is 0 Å². The van der Waals surface area contributed by atoms with Gasteiger partial charge in [0.05, 0.1) is 26.8 Å². The summed E-state index contributed by atoms with van der Waals surface area (Å²) in [5, 5.41) is 12.1. The molecule has 1 aromatic heterocycles. The molecule has 1 aliphatic rings. The molecule has 4 rings (SSSR count). The number of amides is 1. The normalized spacial score (nSPS) is 15.1. The molecule has 0 unspecified atom stereocenters. The number of aromatic nitrogens is 1. The Morgan fingerprint density at radius 1 is 1.10 bits per heavy atom. The van der Waals surface area contributed by atoms with Gasteiger partial charge in [0.1, 0.15) is 0 Å². The number of non-ortho nitro benzene ring substituents is 1. The molecule has 210 valence electrons. The van der Waals surface area contributed by atoms with Crippen molar-refractivity contribution in [3.8, 4) is 0 Å². The van der Waals surface area contributed by atoms with Gasteiger partial charge < -0.3 is 9.80 Å². The topological polar surface area (TPSA) is 101 Å². The van der Waals surface area contributed by atoms with E-state index in [9.17, 15) is 19.7 Å². The number of hydrogen-bond acceptors (Lipinski definition) is 7. The minimum atomic E-state index is -0.698. The van der Waals surface area contributed by atoms with Gasteiger partial charge in [0.25, 0.3) is 17.2 Å². The molecule has 0 bridgehead atoms. The molecule has 0 radical (unpaired) electrons. The van der Waals surface area contributed by atoms with Crippen LogP contribution < -0.4 is 19.8 Å². The second-order valence-corrected chi connectivity index (χ2v) is 10.7. The summed E-state index contributed by atoms with van der Waals surface area (Å²) in [6.07, 6.45) is 1.69. The average Bonchev–Trinajstić information content (AvgIpc) is 3.24. The van der Waals surface area contributed by atoms with Gasteiger partial charge in [-0.05, 0) is 64.5 Å². The van der Waals surface area contributed by atoms with E-state index >= 15 is 0 Å². The second-order valence-electron chi connectivity index (χ2n) is 9.28. The van der Waals surface area contributed by atoms with Crippen molar-refractivity contribution in [3.63, 3.8) is 0 Å². The lowest BCUT2D eigenvalue weighted by molar-refractivity contribution is -0.384. The van der Waals surface area contributed by atoms with Crippen LogP contribution in [-0.2, 0) is 4.79 Å². The van der Waals surface area contributed by atoms with Crippen molar-refractivity contribution >= 4 is 46.3 Å². The standard InChI is InChI=1S/C29H32ClN5O4S/c1-6-32(7-2)23-15-14-22(35(38)39)16-20(23)17-24-27(36)34-26(19-10-12-21(30)13-11-19)25(18(5)31-29(34)40-24)28(37)33(8-3)9-4/h10-17,26H,6-9H2,1-5H3/b24-17-/t26-/m0/s1. The molecule has 40 heavy (non-hydrogen) atoms. The van der Waals surface area contributed by atoms with Crippen LogP contribution in [0, 0.1) is 10.1 Å². The van der Waals surface area contributed by atoms with Crippen LogP contribution in [-0.4, -0.2) is 46.5 Å². The first-order chi connectivity index (χ1) is 19.1. The van der Waals surface area contributed by atoms with E-state index in [-0.39, 0.29) is 17.2 Å². The summed E-state index contributed by atoms with van der Waals surface area (Å²) in [6, 6.07) is 11.1. The third kappa shape index (κ3) is 5.46. The van der Waals surface area contributed by atoms with Crippen molar-refractivity contribution in [1.82, 2.24) is 9.47 Å². The molecular weight excluding hydrogens is 550 g/mol.